The molecule has 0 saturated carbocycles. The number of hydrogen-bond donors (Lipinski definition) is 0. The van der Waals surface area contributed by atoms with Crippen LogP contribution in [-0.4, -0.2) is 30.6 Å². The molecule has 0 bridgehead atoms. The lowest BCUT2D eigenvalue weighted by molar-refractivity contribution is -0.144. The first-order chi connectivity index (χ1) is 7.89. The molecule has 0 N–H and O–H groups in total. The molecule has 0 aromatic carbocycles. The summed E-state index contributed by atoms with van der Waals surface area (Å²) in [7, 11) is 0. The summed E-state index contributed by atoms with van der Waals surface area (Å²) in [6.07, 6.45) is 1.90. The zero-order valence-corrected chi connectivity index (χ0v) is 11.3. The lowest BCUT2D eigenvalue weighted by atomic mass is 10.1. The van der Waals surface area contributed by atoms with E-state index in [1.165, 1.54) is 0 Å². The maximum atomic E-state index is 11.3. The van der Waals surface area contributed by atoms with Crippen molar-refractivity contribution in [3.63, 3.8) is 0 Å². The highest BCUT2D eigenvalue weighted by Crippen LogP contribution is 2.19. The molecule has 0 radical (unpaired) electrons. The Balaban J connectivity index is 2.14. The van der Waals surface area contributed by atoms with Gasteiger partial charge in [0.2, 0.25) is 0 Å². The van der Waals surface area contributed by atoms with E-state index in [0.29, 0.717) is 25.6 Å². The topological polar surface area (TPSA) is 47.9 Å². The minimum absolute atomic E-state index is 0.104. The summed E-state index contributed by atoms with van der Waals surface area (Å²) in [5.41, 5.74) is -0.104. The Morgan fingerprint density at radius 2 is 2.24 bits per heavy atom. The minimum atomic E-state index is -0.128. The highest BCUT2D eigenvalue weighted by molar-refractivity contribution is 5.79. The Labute approximate surface area is 103 Å². The Bertz CT molecular complexity index is 295. The van der Waals surface area contributed by atoms with Crippen LogP contribution in [0.3, 0.4) is 0 Å². The highest BCUT2D eigenvalue weighted by Gasteiger charge is 2.25. The molecule has 17 heavy (non-hydrogen) atoms. The molecule has 98 valence electrons. The Kier molecular flexibility index (Phi) is 4.97. The van der Waals surface area contributed by atoms with Gasteiger partial charge < -0.3 is 9.47 Å². The van der Waals surface area contributed by atoms with Gasteiger partial charge in [0.1, 0.15) is 6.61 Å². The van der Waals surface area contributed by atoms with Crippen LogP contribution in [0.5, 0.6) is 0 Å². The Morgan fingerprint density at radius 1 is 1.53 bits per heavy atom. The van der Waals surface area contributed by atoms with Crippen molar-refractivity contribution in [3.05, 3.63) is 0 Å². The van der Waals surface area contributed by atoms with Crippen molar-refractivity contribution >= 4 is 11.9 Å². The second-order valence-electron chi connectivity index (χ2n) is 5.54. The van der Waals surface area contributed by atoms with E-state index < -0.39 is 0 Å². The molecular formula is C13H23NO3. The Hall–Kier alpha value is -1.06. The van der Waals surface area contributed by atoms with Gasteiger partial charge in [0.05, 0.1) is 12.1 Å². The molecule has 0 aromatic rings. The second kappa shape index (κ2) is 6.03. The number of rotatable bonds is 6. The van der Waals surface area contributed by atoms with E-state index in [1.54, 1.807) is 0 Å². The van der Waals surface area contributed by atoms with Gasteiger partial charge in [0.15, 0.2) is 5.90 Å². The molecule has 0 spiro atoms. The zero-order chi connectivity index (χ0) is 12.9. The molecule has 1 heterocycles. The molecule has 1 aliphatic heterocycles. The fourth-order valence-electron chi connectivity index (χ4n) is 1.51. The van der Waals surface area contributed by atoms with Crippen molar-refractivity contribution in [1.82, 2.24) is 0 Å². The van der Waals surface area contributed by atoms with E-state index >= 15 is 0 Å². The van der Waals surface area contributed by atoms with Gasteiger partial charge in [-0.15, -0.1) is 0 Å². The van der Waals surface area contributed by atoms with Gasteiger partial charge in [-0.1, -0.05) is 13.8 Å². The normalized spacial score (nSPS) is 17.8. The summed E-state index contributed by atoms with van der Waals surface area (Å²) in [5.74, 6) is 1.03. The maximum absolute atomic E-state index is 11.3. The van der Waals surface area contributed by atoms with E-state index in [0.717, 1.165) is 18.7 Å². The highest BCUT2D eigenvalue weighted by atomic mass is 16.5. The van der Waals surface area contributed by atoms with Crippen LogP contribution in [0.25, 0.3) is 0 Å². The van der Waals surface area contributed by atoms with Gasteiger partial charge in [0.25, 0.3) is 0 Å². The summed E-state index contributed by atoms with van der Waals surface area (Å²) in [6.45, 7) is 9.27. The molecule has 4 heteroatoms. The number of ether oxygens (including phenoxy) is 2. The molecule has 0 unspecified atom stereocenters. The molecule has 0 aliphatic carbocycles. The molecule has 0 aromatic heterocycles. The summed E-state index contributed by atoms with van der Waals surface area (Å²) in [4.78, 5) is 15.8. The average molecular weight is 241 g/mol. The standard InChI is InChI=1S/C13H23NO3/c1-10(2)8-16-12(15)7-5-6-11-14-13(3,4)9-17-11/h10H,5-9H2,1-4H3. The lowest BCUT2D eigenvalue weighted by Gasteiger charge is -2.07. The molecule has 0 saturated heterocycles. The smallest absolute Gasteiger partial charge is 0.305 e. The van der Waals surface area contributed by atoms with Gasteiger partial charge in [-0.3, -0.25) is 4.79 Å². The number of carbonyl (C=O) groups excluding carboxylic acids is 1. The van der Waals surface area contributed by atoms with E-state index in [-0.39, 0.29) is 11.5 Å². The zero-order valence-electron chi connectivity index (χ0n) is 11.3. The van der Waals surface area contributed by atoms with Crippen LogP contribution in [0.1, 0.15) is 47.0 Å². The first-order valence-electron chi connectivity index (χ1n) is 6.26. The van der Waals surface area contributed by atoms with Gasteiger partial charge in [0, 0.05) is 12.8 Å². The van der Waals surface area contributed by atoms with E-state index in [1.807, 2.05) is 27.7 Å². The van der Waals surface area contributed by atoms with Crippen molar-refractivity contribution in [2.75, 3.05) is 13.2 Å². The van der Waals surface area contributed by atoms with Gasteiger partial charge in [-0.05, 0) is 26.2 Å². The number of aliphatic imine (C=N–C) groups is 1. The Morgan fingerprint density at radius 3 is 2.76 bits per heavy atom. The number of hydrogen-bond acceptors (Lipinski definition) is 4. The summed E-state index contributed by atoms with van der Waals surface area (Å²) in [5, 5.41) is 0. The first kappa shape index (κ1) is 14.0. The third kappa shape index (κ3) is 5.71. The van der Waals surface area contributed by atoms with Crippen molar-refractivity contribution in [3.8, 4) is 0 Å². The van der Waals surface area contributed by atoms with E-state index in [9.17, 15) is 4.79 Å². The lowest BCUT2D eigenvalue weighted by Crippen LogP contribution is -2.17. The summed E-state index contributed by atoms with van der Waals surface area (Å²) >= 11 is 0. The minimum Gasteiger partial charge on any atom is -0.478 e. The largest absolute Gasteiger partial charge is 0.478 e. The van der Waals surface area contributed by atoms with Crippen LogP contribution in [0.4, 0.5) is 0 Å². The van der Waals surface area contributed by atoms with Crippen molar-refractivity contribution in [2.45, 2.75) is 52.5 Å². The van der Waals surface area contributed by atoms with Gasteiger partial charge in [-0.2, -0.15) is 0 Å². The predicted octanol–water partition coefficient (Wildman–Crippen LogP) is 2.56. The average Bonchev–Trinajstić information content (AvgIpc) is 2.55. The fourth-order valence-corrected chi connectivity index (χ4v) is 1.51. The second-order valence-corrected chi connectivity index (χ2v) is 5.54. The molecule has 1 rings (SSSR count). The number of nitrogens with zero attached hydrogens (tertiary/aromatic N) is 1. The van der Waals surface area contributed by atoms with E-state index in [4.69, 9.17) is 9.47 Å². The molecule has 1 aliphatic rings. The van der Waals surface area contributed by atoms with Crippen molar-refractivity contribution in [2.24, 2.45) is 10.9 Å². The number of carbonyl (C=O) groups is 1. The molecular weight excluding hydrogens is 218 g/mol. The third-order valence-corrected chi connectivity index (χ3v) is 2.37. The molecule has 4 nitrogen and oxygen atoms in total. The van der Waals surface area contributed by atoms with Crippen LogP contribution >= 0.6 is 0 Å². The van der Waals surface area contributed by atoms with Crippen molar-refractivity contribution in [1.29, 1.82) is 0 Å². The quantitative estimate of drug-likeness (QED) is 0.671. The van der Waals surface area contributed by atoms with Gasteiger partial charge in [-0.25, -0.2) is 4.99 Å². The molecule has 0 amide bonds. The molecule has 0 atom stereocenters. The van der Waals surface area contributed by atoms with Crippen LogP contribution < -0.4 is 0 Å². The van der Waals surface area contributed by atoms with Gasteiger partial charge >= 0.3 is 5.97 Å². The first-order valence-corrected chi connectivity index (χ1v) is 6.26. The van der Waals surface area contributed by atoms with Crippen LogP contribution in [0.2, 0.25) is 0 Å². The number of esters is 1. The van der Waals surface area contributed by atoms with Crippen LogP contribution in [0, 0.1) is 5.92 Å². The summed E-state index contributed by atoms with van der Waals surface area (Å²) < 4.78 is 10.5. The third-order valence-electron chi connectivity index (χ3n) is 2.37. The van der Waals surface area contributed by atoms with Crippen LogP contribution in [0.15, 0.2) is 4.99 Å². The van der Waals surface area contributed by atoms with E-state index in [2.05, 4.69) is 4.99 Å². The van der Waals surface area contributed by atoms with Crippen molar-refractivity contribution < 1.29 is 14.3 Å². The monoisotopic (exact) mass is 241 g/mol. The maximum Gasteiger partial charge on any atom is 0.305 e. The molecule has 0 fully saturated rings. The predicted molar refractivity (Wildman–Crippen MR) is 67.1 cm³/mol. The fraction of sp³-hybridized carbons (Fsp3) is 0.846. The van der Waals surface area contributed by atoms with Crippen LogP contribution in [-0.2, 0) is 14.3 Å². The summed E-state index contributed by atoms with van der Waals surface area (Å²) in [6, 6.07) is 0. The SMILES string of the molecule is CC(C)COC(=O)CCCC1=NC(C)(C)CO1.